The molecule has 0 radical (unpaired) electrons. The normalized spacial score (nSPS) is 13.4. The van der Waals surface area contributed by atoms with Crippen LogP contribution in [0.25, 0.3) is 0 Å². The molecule has 1 rings (SSSR count). The molecule has 0 saturated heterocycles. The molecule has 0 heterocycles. The summed E-state index contributed by atoms with van der Waals surface area (Å²) in [5.41, 5.74) is 1.20. The molecule has 0 fully saturated rings. The Hall–Kier alpha value is -0.890. The van der Waals surface area contributed by atoms with Crippen molar-refractivity contribution in [2.75, 3.05) is 6.54 Å². The van der Waals surface area contributed by atoms with Crippen LogP contribution < -0.4 is 5.32 Å². The van der Waals surface area contributed by atoms with Gasteiger partial charge in [0.25, 0.3) is 0 Å². The van der Waals surface area contributed by atoms with Crippen molar-refractivity contribution >= 4 is 0 Å². The second kappa shape index (κ2) is 9.19. The Morgan fingerprint density at radius 2 is 1.57 bits per heavy atom. The van der Waals surface area contributed by atoms with Gasteiger partial charge in [0.1, 0.15) is 5.82 Å². The lowest BCUT2D eigenvalue weighted by molar-refractivity contribution is 0.262. The van der Waals surface area contributed by atoms with E-state index in [0.717, 1.165) is 13.0 Å². The summed E-state index contributed by atoms with van der Waals surface area (Å²) in [4.78, 5) is 0. The predicted octanol–water partition coefficient (Wildman–Crippen LogP) is 5.57. The van der Waals surface area contributed by atoms with E-state index in [0.29, 0.717) is 23.8 Å². The predicted molar refractivity (Wildman–Crippen MR) is 89.8 cm³/mol. The van der Waals surface area contributed by atoms with Crippen LogP contribution >= 0.6 is 0 Å². The van der Waals surface area contributed by atoms with E-state index in [-0.39, 0.29) is 5.82 Å². The first-order valence-corrected chi connectivity index (χ1v) is 8.44. The van der Waals surface area contributed by atoms with Crippen molar-refractivity contribution in [3.8, 4) is 0 Å². The van der Waals surface area contributed by atoms with E-state index in [1.165, 1.54) is 18.4 Å². The van der Waals surface area contributed by atoms with Gasteiger partial charge in [-0.15, -0.1) is 0 Å². The maximum Gasteiger partial charge on any atom is 0.123 e. The van der Waals surface area contributed by atoms with Crippen molar-refractivity contribution in [1.82, 2.24) is 5.32 Å². The standard InChI is InChI=1S/C19H32FN/c1-6-7-8-19(16-9-11-17(20)12-10-16)21-13-18(14(2)3)15(4)5/h9-12,14-15,18-19,21H,6-8,13H2,1-5H3. The Balaban J connectivity index is 2.71. The van der Waals surface area contributed by atoms with Crippen molar-refractivity contribution in [3.63, 3.8) is 0 Å². The molecular weight excluding hydrogens is 261 g/mol. The third-order valence-electron chi connectivity index (χ3n) is 4.43. The van der Waals surface area contributed by atoms with Crippen molar-refractivity contribution < 1.29 is 4.39 Å². The summed E-state index contributed by atoms with van der Waals surface area (Å²) >= 11 is 0. The first-order valence-electron chi connectivity index (χ1n) is 8.44. The summed E-state index contributed by atoms with van der Waals surface area (Å²) in [6.45, 7) is 12.4. The second-order valence-corrected chi connectivity index (χ2v) is 6.81. The molecule has 1 nitrogen and oxygen atoms in total. The van der Waals surface area contributed by atoms with E-state index in [2.05, 4.69) is 39.9 Å². The minimum atomic E-state index is -0.157. The molecule has 0 saturated carbocycles. The van der Waals surface area contributed by atoms with E-state index < -0.39 is 0 Å². The number of rotatable bonds is 9. The van der Waals surface area contributed by atoms with E-state index in [1.807, 2.05) is 12.1 Å². The summed E-state index contributed by atoms with van der Waals surface area (Å²) < 4.78 is 13.1. The van der Waals surface area contributed by atoms with Gasteiger partial charge in [0, 0.05) is 6.04 Å². The van der Waals surface area contributed by atoms with Crippen LogP contribution in [0.5, 0.6) is 0 Å². The van der Waals surface area contributed by atoms with Crippen LogP contribution in [0.1, 0.15) is 65.5 Å². The van der Waals surface area contributed by atoms with Gasteiger partial charge in [-0.3, -0.25) is 0 Å². The number of unbranched alkanes of at least 4 members (excludes halogenated alkanes) is 1. The highest BCUT2D eigenvalue weighted by molar-refractivity contribution is 5.19. The Morgan fingerprint density at radius 1 is 1.00 bits per heavy atom. The molecule has 0 aliphatic carbocycles. The fourth-order valence-corrected chi connectivity index (χ4v) is 3.01. The van der Waals surface area contributed by atoms with E-state index in [9.17, 15) is 4.39 Å². The lowest BCUT2D eigenvalue weighted by Crippen LogP contribution is -2.32. The zero-order valence-electron chi connectivity index (χ0n) is 14.3. The summed E-state index contributed by atoms with van der Waals surface area (Å²) in [6.07, 6.45) is 3.51. The monoisotopic (exact) mass is 293 g/mol. The number of benzene rings is 1. The third kappa shape index (κ3) is 6.17. The Bertz CT molecular complexity index is 375. The lowest BCUT2D eigenvalue weighted by Gasteiger charge is -2.28. The summed E-state index contributed by atoms with van der Waals surface area (Å²) in [5, 5.41) is 3.73. The zero-order valence-corrected chi connectivity index (χ0v) is 14.3. The van der Waals surface area contributed by atoms with Crippen LogP contribution in [0.4, 0.5) is 4.39 Å². The average Bonchev–Trinajstić information content (AvgIpc) is 2.43. The van der Waals surface area contributed by atoms with Crippen molar-refractivity contribution in [2.45, 2.75) is 59.9 Å². The largest absolute Gasteiger partial charge is 0.310 e. The minimum Gasteiger partial charge on any atom is -0.310 e. The lowest BCUT2D eigenvalue weighted by atomic mass is 9.85. The molecule has 0 spiro atoms. The fourth-order valence-electron chi connectivity index (χ4n) is 3.01. The highest BCUT2D eigenvalue weighted by Gasteiger charge is 2.19. The maximum atomic E-state index is 13.1. The number of nitrogens with one attached hydrogen (secondary N) is 1. The van der Waals surface area contributed by atoms with Gasteiger partial charge in [-0.2, -0.15) is 0 Å². The van der Waals surface area contributed by atoms with E-state index >= 15 is 0 Å². The van der Waals surface area contributed by atoms with Gasteiger partial charge in [-0.25, -0.2) is 4.39 Å². The van der Waals surface area contributed by atoms with Crippen molar-refractivity contribution in [2.24, 2.45) is 17.8 Å². The first-order chi connectivity index (χ1) is 9.95. The Labute approximate surface area is 130 Å². The highest BCUT2D eigenvalue weighted by atomic mass is 19.1. The van der Waals surface area contributed by atoms with Crippen LogP contribution in [0.3, 0.4) is 0 Å². The summed E-state index contributed by atoms with van der Waals surface area (Å²) in [6, 6.07) is 7.31. The smallest absolute Gasteiger partial charge is 0.123 e. The molecule has 0 bridgehead atoms. The van der Waals surface area contributed by atoms with E-state index in [4.69, 9.17) is 0 Å². The Morgan fingerprint density at radius 3 is 2.05 bits per heavy atom. The fraction of sp³-hybridized carbons (Fsp3) is 0.684. The molecule has 1 aromatic carbocycles. The average molecular weight is 293 g/mol. The number of hydrogen-bond donors (Lipinski definition) is 1. The van der Waals surface area contributed by atoms with Gasteiger partial charge in [0.15, 0.2) is 0 Å². The molecule has 2 heteroatoms. The van der Waals surface area contributed by atoms with Crippen molar-refractivity contribution in [3.05, 3.63) is 35.6 Å². The van der Waals surface area contributed by atoms with Gasteiger partial charge in [-0.1, -0.05) is 59.6 Å². The minimum absolute atomic E-state index is 0.157. The Kier molecular flexibility index (Phi) is 7.95. The van der Waals surface area contributed by atoms with E-state index in [1.54, 1.807) is 12.1 Å². The molecule has 1 N–H and O–H groups in total. The topological polar surface area (TPSA) is 12.0 Å². The molecular formula is C19H32FN. The van der Waals surface area contributed by atoms with Crippen LogP contribution in [0.15, 0.2) is 24.3 Å². The molecule has 21 heavy (non-hydrogen) atoms. The second-order valence-electron chi connectivity index (χ2n) is 6.81. The zero-order chi connectivity index (χ0) is 15.8. The van der Waals surface area contributed by atoms with Gasteiger partial charge in [0.2, 0.25) is 0 Å². The quantitative estimate of drug-likeness (QED) is 0.627. The first kappa shape index (κ1) is 18.2. The molecule has 0 aliphatic rings. The van der Waals surface area contributed by atoms with Gasteiger partial charge in [0.05, 0.1) is 0 Å². The summed E-state index contributed by atoms with van der Waals surface area (Å²) in [7, 11) is 0. The summed E-state index contributed by atoms with van der Waals surface area (Å²) in [5.74, 6) is 1.87. The van der Waals surface area contributed by atoms with Crippen LogP contribution in [0.2, 0.25) is 0 Å². The molecule has 1 unspecified atom stereocenters. The molecule has 0 amide bonds. The molecule has 1 atom stereocenters. The van der Waals surface area contributed by atoms with Gasteiger partial charge in [-0.05, 0) is 48.4 Å². The SMILES string of the molecule is CCCCC(NCC(C(C)C)C(C)C)c1ccc(F)cc1. The molecule has 0 aliphatic heterocycles. The molecule has 1 aromatic rings. The van der Waals surface area contributed by atoms with Gasteiger partial charge < -0.3 is 5.32 Å². The van der Waals surface area contributed by atoms with Crippen LogP contribution in [-0.2, 0) is 0 Å². The molecule has 0 aromatic heterocycles. The van der Waals surface area contributed by atoms with Crippen LogP contribution in [0, 0.1) is 23.6 Å². The van der Waals surface area contributed by atoms with Crippen LogP contribution in [-0.4, -0.2) is 6.54 Å². The van der Waals surface area contributed by atoms with Gasteiger partial charge >= 0.3 is 0 Å². The highest BCUT2D eigenvalue weighted by Crippen LogP contribution is 2.24. The number of hydrogen-bond acceptors (Lipinski definition) is 1. The maximum absolute atomic E-state index is 13.1. The van der Waals surface area contributed by atoms with Crippen molar-refractivity contribution in [1.29, 1.82) is 0 Å². The number of halogens is 1. The third-order valence-corrected chi connectivity index (χ3v) is 4.43. The molecule has 120 valence electrons.